The molecule has 1 aromatic rings. The summed E-state index contributed by atoms with van der Waals surface area (Å²) in [6.45, 7) is 4.25. The first-order valence-corrected chi connectivity index (χ1v) is 6.69. The molecule has 0 amide bonds. The number of anilines is 1. The van der Waals surface area contributed by atoms with Gasteiger partial charge in [-0.3, -0.25) is 0 Å². The quantitative estimate of drug-likeness (QED) is 0.842. The average molecular weight is 250 g/mol. The van der Waals surface area contributed by atoms with E-state index in [-0.39, 0.29) is 12.7 Å². The molecule has 1 aromatic heterocycles. The van der Waals surface area contributed by atoms with Crippen molar-refractivity contribution in [1.29, 1.82) is 0 Å². The molecule has 2 atom stereocenters. The summed E-state index contributed by atoms with van der Waals surface area (Å²) in [5, 5.41) is 12.8. The van der Waals surface area contributed by atoms with Crippen LogP contribution in [0.5, 0.6) is 5.75 Å². The highest BCUT2D eigenvalue weighted by molar-refractivity contribution is 5.50. The molecular formula is C14H22N2O2. The average Bonchev–Trinajstić information content (AvgIpc) is 2.78. The molecule has 0 saturated heterocycles. The largest absolute Gasteiger partial charge is 0.487 e. The van der Waals surface area contributed by atoms with E-state index in [1.165, 1.54) is 0 Å². The molecule has 0 aromatic carbocycles. The van der Waals surface area contributed by atoms with Crippen molar-refractivity contribution in [1.82, 2.24) is 4.98 Å². The van der Waals surface area contributed by atoms with E-state index < -0.39 is 0 Å². The van der Waals surface area contributed by atoms with Crippen LogP contribution in [0.2, 0.25) is 0 Å². The zero-order valence-corrected chi connectivity index (χ0v) is 11.1. The first kappa shape index (κ1) is 13.1. The van der Waals surface area contributed by atoms with Gasteiger partial charge in [-0.25, -0.2) is 4.98 Å². The molecule has 1 saturated carbocycles. The molecule has 4 heteroatoms. The molecule has 1 aliphatic carbocycles. The summed E-state index contributed by atoms with van der Waals surface area (Å²) in [5.74, 6) is 1.91. The Hall–Kier alpha value is -1.29. The fourth-order valence-corrected chi connectivity index (χ4v) is 2.47. The Morgan fingerprint density at radius 1 is 1.50 bits per heavy atom. The summed E-state index contributed by atoms with van der Waals surface area (Å²) < 4.78 is 5.74. The fourth-order valence-electron chi connectivity index (χ4n) is 2.47. The Morgan fingerprint density at radius 2 is 2.33 bits per heavy atom. The van der Waals surface area contributed by atoms with Gasteiger partial charge in [0, 0.05) is 24.8 Å². The Labute approximate surface area is 108 Å². The van der Waals surface area contributed by atoms with E-state index in [1.807, 2.05) is 26.0 Å². The third-order valence-electron chi connectivity index (χ3n) is 3.35. The molecule has 2 N–H and O–H groups in total. The number of pyridine rings is 1. The standard InChI is InChI=1S/C14H22N2O2/c1-10(2)18-13-7-4-8-15-14(13)16-12-6-3-5-11(12)9-17/h4,7-8,10-12,17H,3,5-6,9H2,1-2H3,(H,15,16). The molecule has 0 bridgehead atoms. The fraction of sp³-hybridized carbons (Fsp3) is 0.643. The number of nitrogens with one attached hydrogen (secondary N) is 1. The summed E-state index contributed by atoms with van der Waals surface area (Å²) in [4.78, 5) is 4.35. The highest BCUT2D eigenvalue weighted by Gasteiger charge is 2.27. The first-order valence-electron chi connectivity index (χ1n) is 6.69. The maximum atomic E-state index is 9.34. The molecule has 4 nitrogen and oxygen atoms in total. The number of ether oxygens (including phenoxy) is 1. The van der Waals surface area contributed by atoms with Crippen molar-refractivity contribution in [3.63, 3.8) is 0 Å². The highest BCUT2D eigenvalue weighted by Crippen LogP contribution is 2.30. The predicted molar refractivity (Wildman–Crippen MR) is 71.8 cm³/mol. The number of hydrogen-bond donors (Lipinski definition) is 2. The van der Waals surface area contributed by atoms with Gasteiger partial charge < -0.3 is 15.2 Å². The minimum Gasteiger partial charge on any atom is -0.487 e. The maximum Gasteiger partial charge on any atom is 0.168 e. The predicted octanol–water partition coefficient (Wildman–Crippen LogP) is 2.44. The van der Waals surface area contributed by atoms with Crippen LogP contribution in [-0.2, 0) is 0 Å². The lowest BCUT2D eigenvalue weighted by Gasteiger charge is -2.21. The van der Waals surface area contributed by atoms with Crippen molar-refractivity contribution in [2.45, 2.75) is 45.3 Å². The van der Waals surface area contributed by atoms with Gasteiger partial charge in [0.25, 0.3) is 0 Å². The Bertz CT molecular complexity index is 382. The minimum atomic E-state index is 0.131. The molecule has 1 heterocycles. The molecule has 1 fully saturated rings. The summed E-state index contributed by atoms with van der Waals surface area (Å²) in [7, 11) is 0. The normalized spacial score (nSPS) is 23.3. The first-order chi connectivity index (χ1) is 8.70. The second-order valence-electron chi connectivity index (χ2n) is 5.14. The molecule has 0 aliphatic heterocycles. The van der Waals surface area contributed by atoms with Gasteiger partial charge in [-0.2, -0.15) is 0 Å². The molecule has 2 unspecified atom stereocenters. The number of hydrogen-bond acceptors (Lipinski definition) is 4. The Morgan fingerprint density at radius 3 is 3.06 bits per heavy atom. The van der Waals surface area contributed by atoms with E-state index in [0.29, 0.717) is 12.0 Å². The van der Waals surface area contributed by atoms with E-state index in [1.54, 1.807) is 6.20 Å². The zero-order valence-electron chi connectivity index (χ0n) is 11.1. The molecule has 0 spiro atoms. The SMILES string of the molecule is CC(C)Oc1cccnc1NC1CCCC1CO. The highest BCUT2D eigenvalue weighted by atomic mass is 16.5. The third kappa shape index (κ3) is 3.13. The topological polar surface area (TPSA) is 54.4 Å². The maximum absolute atomic E-state index is 9.34. The lowest BCUT2D eigenvalue weighted by Crippen LogP contribution is -2.27. The number of aliphatic hydroxyl groups is 1. The molecule has 18 heavy (non-hydrogen) atoms. The molecule has 0 radical (unpaired) electrons. The summed E-state index contributed by atoms with van der Waals surface area (Å²) >= 11 is 0. The van der Waals surface area contributed by atoms with E-state index in [9.17, 15) is 5.11 Å². The van der Waals surface area contributed by atoms with E-state index in [2.05, 4.69) is 10.3 Å². The number of aliphatic hydroxyl groups excluding tert-OH is 1. The van der Waals surface area contributed by atoms with Gasteiger partial charge in [0.05, 0.1) is 6.10 Å². The van der Waals surface area contributed by atoms with Gasteiger partial charge in [0.15, 0.2) is 11.6 Å². The Kier molecular flexibility index (Phi) is 4.42. The third-order valence-corrected chi connectivity index (χ3v) is 3.35. The van der Waals surface area contributed by atoms with Gasteiger partial charge in [-0.15, -0.1) is 0 Å². The van der Waals surface area contributed by atoms with Crippen LogP contribution in [0.1, 0.15) is 33.1 Å². The van der Waals surface area contributed by atoms with E-state index in [0.717, 1.165) is 30.8 Å². The lowest BCUT2D eigenvalue weighted by atomic mass is 10.1. The van der Waals surface area contributed by atoms with Gasteiger partial charge >= 0.3 is 0 Å². The monoisotopic (exact) mass is 250 g/mol. The van der Waals surface area contributed by atoms with Gasteiger partial charge in [0.1, 0.15) is 0 Å². The van der Waals surface area contributed by atoms with Crippen LogP contribution >= 0.6 is 0 Å². The van der Waals surface area contributed by atoms with Crippen molar-refractivity contribution in [3.05, 3.63) is 18.3 Å². The van der Waals surface area contributed by atoms with E-state index >= 15 is 0 Å². The number of rotatable bonds is 5. The van der Waals surface area contributed by atoms with Gasteiger partial charge in [-0.1, -0.05) is 6.42 Å². The van der Waals surface area contributed by atoms with Crippen molar-refractivity contribution < 1.29 is 9.84 Å². The summed E-state index contributed by atoms with van der Waals surface area (Å²) in [5.41, 5.74) is 0. The van der Waals surface area contributed by atoms with Crippen LogP contribution in [0.25, 0.3) is 0 Å². The van der Waals surface area contributed by atoms with Crippen LogP contribution in [-0.4, -0.2) is 28.8 Å². The molecule has 100 valence electrons. The minimum absolute atomic E-state index is 0.131. The van der Waals surface area contributed by atoms with Crippen molar-refractivity contribution in [2.24, 2.45) is 5.92 Å². The van der Waals surface area contributed by atoms with Crippen LogP contribution < -0.4 is 10.1 Å². The van der Waals surface area contributed by atoms with Crippen molar-refractivity contribution in [2.75, 3.05) is 11.9 Å². The second kappa shape index (κ2) is 6.05. The molecule has 2 rings (SSSR count). The molecule has 1 aliphatic rings. The van der Waals surface area contributed by atoms with Crippen LogP contribution in [0.3, 0.4) is 0 Å². The lowest BCUT2D eigenvalue weighted by molar-refractivity contribution is 0.221. The molecular weight excluding hydrogens is 228 g/mol. The Balaban J connectivity index is 2.08. The second-order valence-corrected chi connectivity index (χ2v) is 5.14. The van der Waals surface area contributed by atoms with Crippen LogP contribution in [0, 0.1) is 5.92 Å². The van der Waals surface area contributed by atoms with Crippen LogP contribution in [0.15, 0.2) is 18.3 Å². The van der Waals surface area contributed by atoms with Crippen molar-refractivity contribution >= 4 is 5.82 Å². The summed E-state index contributed by atoms with van der Waals surface area (Å²) in [6, 6.07) is 4.11. The van der Waals surface area contributed by atoms with Crippen molar-refractivity contribution in [3.8, 4) is 5.75 Å². The number of aromatic nitrogens is 1. The van der Waals surface area contributed by atoms with Gasteiger partial charge in [0.2, 0.25) is 0 Å². The van der Waals surface area contributed by atoms with Gasteiger partial charge in [-0.05, 0) is 38.8 Å². The van der Waals surface area contributed by atoms with Crippen LogP contribution in [0.4, 0.5) is 5.82 Å². The van der Waals surface area contributed by atoms with E-state index in [4.69, 9.17) is 4.74 Å². The number of nitrogens with zero attached hydrogens (tertiary/aromatic N) is 1. The summed E-state index contributed by atoms with van der Waals surface area (Å²) in [6.07, 6.45) is 5.23. The smallest absolute Gasteiger partial charge is 0.168 e. The zero-order chi connectivity index (χ0) is 13.0.